The average Bonchev–Trinajstić information content (AvgIpc) is 2.96. The molecule has 3 aromatic rings. The van der Waals surface area contributed by atoms with E-state index in [0.29, 0.717) is 16.1 Å². The number of nitrogens with zero attached hydrogens (tertiary/aromatic N) is 2. The Bertz CT molecular complexity index is 818. The maximum Gasteiger partial charge on any atom is 0.257 e. The highest BCUT2D eigenvalue weighted by molar-refractivity contribution is 7.18. The second-order valence-electron chi connectivity index (χ2n) is 4.35. The molecule has 2 aromatic carbocycles. The molecule has 0 saturated heterocycles. The number of amides is 1. The first-order valence-corrected chi connectivity index (χ1v) is 7.10. The van der Waals surface area contributed by atoms with Gasteiger partial charge >= 0.3 is 0 Å². The standard InChI is InChI=1S/C15H9F2N3OS/c16-10-7-5-9(6-8-10)13(21)18-15-20-19-14(22-15)11-3-1-2-4-12(11)17/h1-8H,(H,18,20,21). The van der Waals surface area contributed by atoms with Crippen LogP contribution in [0.2, 0.25) is 0 Å². The van der Waals surface area contributed by atoms with Gasteiger partial charge in [0.15, 0.2) is 5.01 Å². The minimum absolute atomic E-state index is 0.243. The molecule has 0 atom stereocenters. The number of rotatable bonds is 3. The second kappa shape index (κ2) is 5.98. The smallest absolute Gasteiger partial charge is 0.257 e. The van der Waals surface area contributed by atoms with E-state index < -0.39 is 17.5 Å². The maximum absolute atomic E-state index is 13.7. The van der Waals surface area contributed by atoms with Crippen LogP contribution in [0, 0.1) is 11.6 Å². The summed E-state index contributed by atoms with van der Waals surface area (Å²) in [5, 5.41) is 10.8. The highest BCUT2D eigenvalue weighted by Gasteiger charge is 2.13. The van der Waals surface area contributed by atoms with Crippen LogP contribution in [0.3, 0.4) is 0 Å². The molecule has 22 heavy (non-hydrogen) atoms. The van der Waals surface area contributed by atoms with Crippen LogP contribution in [-0.2, 0) is 0 Å². The number of aromatic nitrogens is 2. The summed E-state index contributed by atoms with van der Waals surface area (Å²) in [5.41, 5.74) is 0.617. The van der Waals surface area contributed by atoms with Crippen LogP contribution in [0.15, 0.2) is 48.5 Å². The molecular weight excluding hydrogens is 308 g/mol. The van der Waals surface area contributed by atoms with Gasteiger partial charge in [-0.25, -0.2) is 8.78 Å². The lowest BCUT2D eigenvalue weighted by Gasteiger charge is -2.00. The second-order valence-corrected chi connectivity index (χ2v) is 5.33. The fourth-order valence-corrected chi connectivity index (χ4v) is 2.55. The average molecular weight is 317 g/mol. The van der Waals surface area contributed by atoms with E-state index in [1.54, 1.807) is 18.2 Å². The van der Waals surface area contributed by atoms with E-state index in [2.05, 4.69) is 15.5 Å². The molecule has 3 rings (SSSR count). The van der Waals surface area contributed by atoms with E-state index in [0.717, 1.165) is 11.3 Å². The Balaban J connectivity index is 1.78. The van der Waals surface area contributed by atoms with Crippen molar-refractivity contribution in [2.75, 3.05) is 5.32 Å². The Morgan fingerprint density at radius 1 is 1.00 bits per heavy atom. The highest BCUT2D eigenvalue weighted by atomic mass is 32.1. The fourth-order valence-electron chi connectivity index (χ4n) is 1.79. The maximum atomic E-state index is 13.7. The minimum Gasteiger partial charge on any atom is -0.296 e. The summed E-state index contributed by atoms with van der Waals surface area (Å²) in [6.07, 6.45) is 0. The van der Waals surface area contributed by atoms with Crippen LogP contribution >= 0.6 is 11.3 Å². The number of hydrogen-bond donors (Lipinski definition) is 1. The Labute approximate surface area is 128 Å². The van der Waals surface area contributed by atoms with Gasteiger partial charge in [0, 0.05) is 11.1 Å². The Hall–Kier alpha value is -2.67. The van der Waals surface area contributed by atoms with E-state index in [-0.39, 0.29) is 5.13 Å². The third-order valence-electron chi connectivity index (χ3n) is 2.86. The Kier molecular flexibility index (Phi) is 3.88. The van der Waals surface area contributed by atoms with Crippen LogP contribution in [-0.4, -0.2) is 16.1 Å². The van der Waals surface area contributed by atoms with Gasteiger partial charge in [-0.15, -0.1) is 10.2 Å². The predicted octanol–water partition coefficient (Wildman–Crippen LogP) is 3.74. The van der Waals surface area contributed by atoms with E-state index in [4.69, 9.17) is 0 Å². The summed E-state index contributed by atoms with van der Waals surface area (Å²) in [7, 11) is 0. The zero-order chi connectivity index (χ0) is 15.5. The molecule has 0 aliphatic heterocycles. The van der Waals surface area contributed by atoms with E-state index >= 15 is 0 Å². The number of anilines is 1. The summed E-state index contributed by atoms with van der Waals surface area (Å²) in [5.74, 6) is -1.26. The van der Waals surface area contributed by atoms with Gasteiger partial charge in [0.2, 0.25) is 5.13 Å². The van der Waals surface area contributed by atoms with E-state index in [1.165, 1.54) is 30.3 Å². The minimum atomic E-state index is -0.434. The van der Waals surface area contributed by atoms with Gasteiger partial charge < -0.3 is 0 Å². The van der Waals surface area contributed by atoms with Gasteiger partial charge in [-0.05, 0) is 36.4 Å². The Morgan fingerprint density at radius 2 is 1.73 bits per heavy atom. The fraction of sp³-hybridized carbons (Fsp3) is 0. The molecular formula is C15H9F2N3OS. The van der Waals surface area contributed by atoms with Gasteiger partial charge in [-0.1, -0.05) is 23.5 Å². The van der Waals surface area contributed by atoms with Crippen LogP contribution in [0.5, 0.6) is 0 Å². The number of carbonyl (C=O) groups excluding carboxylic acids is 1. The molecule has 4 nitrogen and oxygen atoms in total. The first-order chi connectivity index (χ1) is 10.6. The third-order valence-corrected chi connectivity index (χ3v) is 3.73. The monoisotopic (exact) mass is 317 g/mol. The van der Waals surface area contributed by atoms with Crippen molar-refractivity contribution in [2.24, 2.45) is 0 Å². The highest BCUT2D eigenvalue weighted by Crippen LogP contribution is 2.28. The van der Waals surface area contributed by atoms with Crippen molar-refractivity contribution in [3.63, 3.8) is 0 Å². The van der Waals surface area contributed by atoms with Crippen molar-refractivity contribution in [3.05, 3.63) is 65.7 Å². The van der Waals surface area contributed by atoms with Crippen molar-refractivity contribution in [3.8, 4) is 10.6 Å². The molecule has 0 fully saturated rings. The molecule has 0 aliphatic carbocycles. The van der Waals surface area contributed by atoms with Gasteiger partial charge in [0.05, 0.1) is 0 Å². The number of hydrogen-bond acceptors (Lipinski definition) is 4. The normalized spacial score (nSPS) is 10.5. The zero-order valence-corrected chi connectivity index (χ0v) is 11.9. The summed E-state index contributed by atoms with van der Waals surface area (Å²) < 4.78 is 26.5. The van der Waals surface area contributed by atoms with Crippen LogP contribution in [0.4, 0.5) is 13.9 Å². The number of carbonyl (C=O) groups is 1. The lowest BCUT2D eigenvalue weighted by Crippen LogP contribution is -2.11. The van der Waals surface area contributed by atoms with Crippen LogP contribution < -0.4 is 5.32 Å². The van der Waals surface area contributed by atoms with Gasteiger partial charge in [0.1, 0.15) is 11.6 Å². The van der Waals surface area contributed by atoms with Gasteiger partial charge in [-0.2, -0.15) is 0 Å². The van der Waals surface area contributed by atoms with Crippen LogP contribution in [0.1, 0.15) is 10.4 Å². The SMILES string of the molecule is O=C(Nc1nnc(-c2ccccc2F)s1)c1ccc(F)cc1. The first kappa shape index (κ1) is 14.3. The third kappa shape index (κ3) is 2.99. The van der Waals surface area contributed by atoms with Crippen molar-refractivity contribution < 1.29 is 13.6 Å². The summed E-state index contributed by atoms with van der Waals surface area (Å²) in [6.45, 7) is 0. The van der Waals surface area contributed by atoms with Crippen molar-refractivity contribution >= 4 is 22.4 Å². The Morgan fingerprint density at radius 3 is 2.45 bits per heavy atom. The number of nitrogens with one attached hydrogen (secondary N) is 1. The van der Waals surface area contributed by atoms with Gasteiger partial charge in [-0.3, -0.25) is 10.1 Å². The van der Waals surface area contributed by atoms with E-state index in [1.807, 2.05) is 0 Å². The molecule has 110 valence electrons. The molecule has 0 unspecified atom stereocenters. The van der Waals surface area contributed by atoms with E-state index in [9.17, 15) is 13.6 Å². The molecule has 1 amide bonds. The summed E-state index contributed by atoms with van der Waals surface area (Å²) in [6, 6.07) is 11.3. The zero-order valence-electron chi connectivity index (χ0n) is 11.1. The first-order valence-electron chi connectivity index (χ1n) is 6.29. The molecule has 1 aromatic heterocycles. The molecule has 7 heteroatoms. The topological polar surface area (TPSA) is 54.9 Å². The summed E-state index contributed by atoms with van der Waals surface area (Å²) >= 11 is 1.06. The van der Waals surface area contributed by atoms with Crippen LogP contribution in [0.25, 0.3) is 10.6 Å². The predicted molar refractivity (Wildman–Crippen MR) is 79.7 cm³/mol. The number of benzene rings is 2. The molecule has 0 saturated carbocycles. The van der Waals surface area contributed by atoms with Crippen molar-refractivity contribution in [2.45, 2.75) is 0 Å². The molecule has 0 spiro atoms. The molecule has 1 heterocycles. The quantitative estimate of drug-likeness (QED) is 0.800. The van der Waals surface area contributed by atoms with Crippen molar-refractivity contribution in [1.82, 2.24) is 10.2 Å². The van der Waals surface area contributed by atoms with Gasteiger partial charge in [0.25, 0.3) is 5.91 Å². The number of halogens is 2. The summed E-state index contributed by atoms with van der Waals surface area (Å²) in [4.78, 5) is 12.0. The molecule has 1 N–H and O–H groups in total. The largest absolute Gasteiger partial charge is 0.296 e. The van der Waals surface area contributed by atoms with Crippen molar-refractivity contribution in [1.29, 1.82) is 0 Å². The molecule has 0 radical (unpaired) electrons. The molecule has 0 bridgehead atoms. The lowest BCUT2D eigenvalue weighted by atomic mass is 10.2. The lowest BCUT2D eigenvalue weighted by molar-refractivity contribution is 0.102. The molecule has 0 aliphatic rings.